The number of rotatable bonds is 5. The number of halogens is 2. The van der Waals surface area contributed by atoms with Gasteiger partial charge >= 0.3 is 0 Å². The number of benzene rings is 1. The SMILES string of the molecule is CCCCN(C)c1c(F)cc(CO)cc1F. The zero-order valence-corrected chi connectivity index (χ0v) is 9.63. The van der Waals surface area contributed by atoms with Crippen LogP contribution in [0.5, 0.6) is 0 Å². The zero-order chi connectivity index (χ0) is 12.1. The molecule has 4 heteroatoms. The van der Waals surface area contributed by atoms with Gasteiger partial charge in [-0.2, -0.15) is 0 Å². The van der Waals surface area contributed by atoms with E-state index >= 15 is 0 Å². The van der Waals surface area contributed by atoms with Crippen molar-refractivity contribution in [2.75, 3.05) is 18.5 Å². The van der Waals surface area contributed by atoms with Crippen LogP contribution in [0.4, 0.5) is 14.5 Å². The molecular weight excluding hydrogens is 212 g/mol. The molecule has 1 aromatic carbocycles. The third-order valence-corrected chi connectivity index (χ3v) is 2.49. The highest BCUT2D eigenvalue weighted by Crippen LogP contribution is 2.24. The third kappa shape index (κ3) is 2.92. The largest absolute Gasteiger partial charge is 0.392 e. The second-order valence-corrected chi connectivity index (χ2v) is 3.84. The van der Waals surface area contributed by atoms with Crippen LogP contribution in [-0.2, 0) is 6.61 Å². The molecule has 0 spiro atoms. The van der Waals surface area contributed by atoms with Crippen LogP contribution in [0.15, 0.2) is 12.1 Å². The summed E-state index contributed by atoms with van der Waals surface area (Å²) in [4.78, 5) is 1.56. The van der Waals surface area contributed by atoms with Crippen LogP contribution < -0.4 is 4.90 Å². The van der Waals surface area contributed by atoms with Crippen LogP contribution in [0.25, 0.3) is 0 Å². The average Bonchev–Trinajstić information content (AvgIpc) is 2.25. The van der Waals surface area contributed by atoms with Crippen molar-refractivity contribution in [3.8, 4) is 0 Å². The predicted octanol–water partition coefficient (Wildman–Crippen LogP) is 2.69. The van der Waals surface area contributed by atoms with Gasteiger partial charge in [0, 0.05) is 13.6 Å². The van der Waals surface area contributed by atoms with E-state index in [-0.39, 0.29) is 17.9 Å². The van der Waals surface area contributed by atoms with E-state index in [1.807, 2.05) is 6.92 Å². The highest BCUT2D eigenvalue weighted by molar-refractivity contribution is 5.49. The molecule has 0 saturated carbocycles. The van der Waals surface area contributed by atoms with E-state index in [1.165, 1.54) is 12.1 Å². The van der Waals surface area contributed by atoms with Crippen LogP contribution in [0.2, 0.25) is 0 Å². The standard InChI is InChI=1S/C12H17F2NO/c1-3-4-5-15(2)12-10(13)6-9(8-16)7-11(12)14/h6-7,16H,3-5,8H2,1-2H3. The van der Waals surface area contributed by atoms with E-state index in [1.54, 1.807) is 11.9 Å². The summed E-state index contributed by atoms with van der Waals surface area (Å²) in [5, 5.41) is 8.81. The Morgan fingerprint density at radius 2 is 1.81 bits per heavy atom. The zero-order valence-electron chi connectivity index (χ0n) is 9.63. The Balaban J connectivity index is 2.95. The Morgan fingerprint density at radius 3 is 2.25 bits per heavy atom. The molecular formula is C12H17F2NO. The Hall–Kier alpha value is -1.16. The summed E-state index contributed by atoms with van der Waals surface area (Å²) in [7, 11) is 1.66. The first-order valence-electron chi connectivity index (χ1n) is 5.40. The van der Waals surface area contributed by atoms with E-state index in [0.29, 0.717) is 6.54 Å². The predicted molar refractivity (Wildman–Crippen MR) is 60.5 cm³/mol. The Labute approximate surface area is 94.5 Å². The van der Waals surface area contributed by atoms with Gasteiger partial charge in [-0.05, 0) is 24.1 Å². The highest BCUT2D eigenvalue weighted by Gasteiger charge is 2.14. The molecule has 2 nitrogen and oxygen atoms in total. The normalized spacial score (nSPS) is 10.6. The van der Waals surface area contributed by atoms with E-state index in [0.717, 1.165) is 12.8 Å². The van der Waals surface area contributed by atoms with Gasteiger partial charge in [-0.25, -0.2) is 8.78 Å². The molecule has 16 heavy (non-hydrogen) atoms. The Morgan fingerprint density at radius 1 is 1.25 bits per heavy atom. The van der Waals surface area contributed by atoms with Crippen LogP contribution in [0.1, 0.15) is 25.3 Å². The first-order valence-corrected chi connectivity index (χ1v) is 5.40. The minimum absolute atomic E-state index is 0.0225. The van der Waals surface area contributed by atoms with Crippen LogP contribution >= 0.6 is 0 Å². The second-order valence-electron chi connectivity index (χ2n) is 3.84. The monoisotopic (exact) mass is 229 g/mol. The molecule has 0 aliphatic rings. The third-order valence-electron chi connectivity index (χ3n) is 2.49. The van der Waals surface area contributed by atoms with E-state index < -0.39 is 11.6 Å². The number of hydrogen-bond acceptors (Lipinski definition) is 2. The molecule has 1 aromatic rings. The lowest BCUT2D eigenvalue weighted by Gasteiger charge is -2.20. The van der Waals surface area contributed by atoms with Crippen molar-refractivity contribution >= 4 is 5.69 Å². The van der Waals surface area contributed by atoms with Crippen molar-refractivity contribution in [1.29, 1.82) is 0 Å². The summed E-state index contributed by atoms with van der Waals surface area (Å²) in [5.74, 6) is -1.25. The minimum atomic E-state index is -0.623. The topological polar surface area (TPSA) is 23.5 Å². The van der Waals surface area contributed by atoms with Crippen molar-refractivity contribution in [1.82, 2.24) is 0 Å². The fourth-order valence-electron chi connectivity index (χ4n) is 1.58. The van der Waals surface area contributed by atoms with E-state index in [4.69, 9.17) is 5.11 Å². The first kappa shape index (κ1) is 12.9. The quantitative estimate of drug-likeness (QED) is 0.839. The van der Waals surface area contributed by atoms with Gasteiger partial charge in [-0.15, -0.1) is 0 Å². The Bertz CT molecular complexity index is 332. The maximum Gasteiger partial charge on any atom is 0.149 e. The molecule has 0 aliphatic heterocycles. The van der Waals surface area contributed by atoms with Crippen molar-refractivity contribution in [3.05, 3.63) is 29.3 Å². The summed E-state index contributed by atoms with van der Waals surface area (Å²) in [5.41, 5.74) is 0.230. The first-order chi connectivity index (χ1) is 7.60. The minimum Gasteiger partial charge on any atom is -0.392 e. The molecule has 0 aliphatic carbocycles. The second kappa shape index (κ2) is 5.80. The molecule has 1 N–H and O–H groups in total. The molecule has 0 radical (unpaired) electrons. The van der Waals surface area contributed by atoms with Gasteiger partial charge in [0.25, 0.3) is 0 Å². The maximum atomic E-state index is 13.6. The van der Waals surface area contributed by atoms with Crippen LogP contribution in [0.3, 0.4) is 0 Å². The molecule has 0 saturated heterocycles. The molecule has 0 fully saturated rings. The van der Waals surface area contributed by atoms with E-state index in [2.05, 4.69) is 0 Å². The molecule has 1 rings (SSSR count). The number of hydrogen-bond donors (Lipinski definition) is 1. The van der Waals surface area contributed by atoms with Gasteiger partial charge in [0.2, 0.25) is 0 Å². The van der Waals surface area contributed by atoms with Crippen molar-refractivity contribution < 1.29 is 13.9 Å². The van der Waals surface area contributed by atoms with Gasteiger partial charge in [-0.3, -0.25) is 0 Å². The molecule has 0 bridgehead atoms. The lowest BCUT2D eigenvalue weighted by atomic mass is 10.1. The van der Waals surface area contributed by atoms with Gasteiger partial charge in [-0.1, -0.05) is 13.3 Å². The molecule has 0 atom stereocenters. The Kier molecular flexibility index (Phi) is 4.68. The summed E-state index contributed by atoms with van der Waals surface area (Å²) >= 11 is 0. The summed E-state index contributed by atoms with van der Waals surface area (Å²) in [6.45, 7) is 2.28. The molecule has 0 aromatic heterocycles. The maximum absolute atomic E-state index is 13.6. The highest BCUT2D eigenvalue weighted by atomic mass is 19.1. The molecule has 0 heterocycles. The van der Waals surface area contributed by atoms with Gasteiger partial charge in [0.05, 0.1) is 6.61 Å². The lowest BCUT2D eigenvalue weighted by molar-refractivity contribution is 0.280. The number of aliphatic hydroxyl groups excluding tert-OH is 1. The fraction of sp³-hybridized carbons (Fsp3) is 0.500. The summed E-state index contributed by atoms with van der Waals surface area (Å²) < 4.78 is 27.2. The lowest BCUT2D eigenvalue weighted by Crippen LogP contribution is -2.21. The van der Waals surface area contributed by atoms with Gasteiger partial charge in [0.1, 0.15) is 17.3 Å². The van der Waals surface area contributed by atoms with Gasteiger partial charge in [0.15, 0.2) is 0 Å². The summed E-state index contributed by atoms with van der Waals surface area (Å²) in [6.07, 6.45) is 1.86. The van der Waals surface area contributed by atoms with Crippen LogP contribution in [0, 0.1) is 11.6 Å². The fourth-order valence-corrected chi connectivity index (χ4v) is 1.58. The van der Waals surface area contributed by atoms with Crippen molar-refractivity contribution in [3.63, 3.8) is 0 Å². The smallest absolute Gasteiger partial charge is 0.149 e. The number of anilines is 1. The summed E-state index contributed by atoms with van der Waals surface area (Å²) in [6, 6.07) is 2.34. The average molecular weight is 229 g/mol. The van der Waals surface area contributed by atoms with Crippen molar-refractivity contribution in [2.45, 2.75) is 26.4 Å². The number of unbranched alkanes of at least 4 members (excludes halogenated alkanes) is 1. The van der Waals surface area contributed by atoms with Gasteiger partial charge < -0.3 is 10.0 Å². The number of aliphatic hydroxyl groups is 1. The number of nitrogens with zero attached hydrogens (tertiary/aromatic N) is 1. The molecule has 0 amide bonds. The molecule has 90 valence electrons. The molecule has 0 unspecified atom stereocenters. The van der Waals surface area contributed by atoms with Crippen molar-refractivity contribution in [2.24, 2.45) is 0 Å². The van der Waals surface area contributed by atoms with E-state index in [9.17, 15) is 8.78 Å². The van der Waals surface area contributed by atoms with Crippen LogP contribution in [-0.4, -0.2) is 18.7 Å².